The standard InChI is InChI=1S/C10H9BrO2/c11-8-3-1-2-7(9(8)13)10(6-12)4-5-10/h1-3,6,13H,4-5H2. The van der Waals surface area contributed by atoms with Gasteiger partial charge >= 0.3 is 0 Å². The van der Waals surface area contributed by atoms with Crippen molar-refractivity contribution in [2.24, 2.45) is 0 Å². The maximum absolute atomic E-state index is 10.8. The van der Waals surface area contributed by atoms with Crippen LogP contribution in [0.15, 0.2) is 22.7 Å². The molecule has 68 valence electrons. The number of phenolic OH excluding ortho intramolecular Hbond substituents is 1. The van der Waals surface area contributed by atoms with Crippen LogP contribution in [0.4, 0.5) is 0 Å². The Kier molecular flexibility index (Phi) is 1.91. The summed E-state index contributed by atoms with van der Waals surface area (Å²) in [5.74, 6) is 0.201. The molecule has 0 amide bonds. The normalized spacial score (nSPS) is 18.2. The van der Waals surface area contributed by atoms with Gasteiger partial charge in [-0.1, -0.05) is 12.1 Å². The summed E-state index contributed by atoms with van der Waals surface area (Å²) in [4.78, 5) is 10.8. The Hall–Kier alpha value is -0.830. The molecule has 13 heavy (non-hydrogen) atoms. The molecule has 0 aliphatic heterocycles. The van der Waals surface area contributed by atoms with Crippen molar-refractivity contribution < 1.29 is 9.90 Å². The van der Waals surface area contributed by atoms with E-state index in [4.69, 9.17) is 0 Å². The Balaban J connectivity index is 2.52. The van der Waals surface area contributed by atoms with Crippen LogP contribution >= 0.6 is 15.9 Å². The van der Waals surface area contributed by atoms with Crippen molar-refractivity contribution >= 4 is 22.2 Å². The summed E-state index contributed by atoms with van der Waals surface area (Å²) in [7, 11) is 0. The zero-order chi connectivity index (χ0) is 9.47. The van der Waals surface area contributed by atoms with Gasteiger partial charge in [0, 0.05) is 5.56 Å². The molecular formula is C10H9BrO2. The largest absolute Gasteiger partial charge is 0.506 e. The molecule has 0 saturated heterocycles. The molecule has 2 rings (SSSR count). The number of phenols is 1. The van der Waals surface area contributed by atoms with Gasteiger partial charge in [-0.2, -0.15) is 0 Å². The van der Waals surface area contributed by atoms with Crippen molar-refractivity contribution in [1.82, 2.24) is 0 Å². The van der Waals surface area contributed by atoms with Crippen molar-refractivity contribution in [2.45, 2.75) is 18.3 Å². The van der Waals surface area contributed by atoms with E-state index in [1.165, 1.54) is 0 Å². The quantitative estimate of drug-likeness (QED) is 0.807. The Morgan fingerprint density at radius 1 is 1.46 bits per heavy atom. The molecule has 1 saturated carbocycles. The van der Waals surface area contributed by atoms with Gasteiger partial charge in [-0.3, -0.25) is 0 Å². The summed E-state index contributed by atoms with van der Waals surface area (Å²) in [6.45, 7) is 0. The number of aromatic hydroxyl groups is 1. The first-order valence-electron chi connectivity index (χ1n) is 4.14. The number of para-hydroxylation sites is 1. The summed E-state index contributed by atoms with van der Waals surface area (Å²) in [6, 6.07) is 5.41. The molecule has 1 aliphatic carbocycles. The highest BCUT2D eigenvalue weighted by Crippen LogP contribution is 2.50. The lowest BCUT2D eigenvalue weighted by Crippen LogP contribution is -2.07. The molecule has 1 N–H and O–H groups in total. The lowest BCUT2D eigenvalue weighted by Gasteiger charge is -2.10. The fraction of sp³-hybridized carbons (Fsp3) is 0.300. The molecule has 1 fully saturated rings. The maximum atomic E-state index is 10.8. The molecule has 0 bridgehead atoms. The molecule has 3 heteroatoms. The second-order valence-corrected chi connectivity index (χ2v) is 4.26. The van der Waals surface area contributed by atoms with E-state index < -0.39 is 5.41 Å². The summed E-state index contributed by atoms with van der Waals surface area (Å²) in [5, 5.41) is 9.70. The monoisotopic (exact) mass is 240 g/mol. The minimum absolute atomic E-state index is 0.201. The van der Waals surface area contributed by atoms with Gasteiger partial charge in [-0.25, -0.2) is 0 Å². The van der Waals surface area contributed by atoms with Crippen molar-refractivity contribution in [1.29, 1.82) is 0 Å². The summed E-state index contributed by atoms with van der Waals surface area (Å²) >= 11 is 3.23. The van der Waals surface area contributed by atoms with Crippen LogP contribution < -0.4 is 0 Å². The van der Waals surface area contributed by atoms with Crippen LogP contribution in [0.1, 0.15) is 18.4 Å². The first-order valence-corrected chi connectivity index (χ1v) is 4.93. The average molecular weight is 241 g/mol. The van der Waals surface area contributed by atoms with Gasteiger partial charge in [0.25, 0.3) is 0 Å². The van der Waals surface area contributed by atoms with E-state index >= 15 is 0 Å². The van der Waals surface area contributed by atoms with E-state index in [-0.39, 0.29) is 5.75 Å². The Labute approximate surface area is 84.7 Å². The molecule has 0 aromatic heterocycles. The highest BCUT2D eigenvalue weighted by atomic mass is 79.9. The second-order valence-electron chi connectivity index (χ2n) is 3.41. The zero-order valence-electron chi connectivity index (χ0n) is 6.96. The van der Waals surface area contributed by atoms with Crippen LogP contribution in [-0.4, -0.2) is 11.4 Å². The predicted molar refractivity (Wildman–Crippen MR) is 52.8 cm³/mol. The molecule has 0 atom stereocenters. The van der Waals surface area contributed by atoms with Crippen LogP contribution in [0.3, 0.4) is 0 Å². The molecule has 0 unspecified atom stereocenters. The van der Waals surface area contributed by atoms with Crippen molar-refractivity contribution in [3.05, 3.63) is 28.2 Å². The number of hydrogen-bond donors (Lipinski definition) is 1. The van der Waals surface area contributed by atoms with Crippen molar-refractivity contribution in [2.75, 3.05) is 0 Å². The molecular weight excluding hydrogens is 232 g/mol. The number of carbonyl (C=O) groups excluding carboxylic acids is 1. The van der Waals surface area contributed by atoms with Crippen LogP contribution in [0, 0.1) is 0 Å². The summed E-state index contributed by atoms with van der Waals surface area (Å²) in [5.41, 5.74) is 0.352. The van der Waals surface area contributed by atoms with E-state index in [0.29, 0.717) is 4.47 Å². The molecule has 0 radical (unpaired) electrons. The first kappa shape index (κ1) is 8.75. The first-order chi connectivity index (χ1) is 6.19. The van der Waals surface area contributed by atoms with Gasteiger partial charge in [-0.15, -0.1) is 0 Å². The van der Waals surface area contributed by atoms with E-state index in [1.807, 2.05) is 12.1 Å². The lowest BCUT2D eigenvalue weighted by molar-refractivity contribution is -0.109. The van der Waals surface area contributed by atoms with Gasteiger partial charge in [0.15, 0.2) is 0 Å². The third-order valence-electron chi connectivity index (χ3n) is 2.54. The molecule has 0 heterocycles. The van der Waals surface area contributed by atoms with E-state index in [2.05, 4.69) is 15.9 Å². The van der Waals surface area contributed by atoms with Gasteiger partial charge in [-0.05, 0) is 34.8 Å². The third-order valence-corrected chi connectivity index (χ3v) is 3.18. The number of rotatable bonds is 2. The van der Waals surface area contributed by atoms with Crippen molar-refractivity contribution in [3.63, 3.8) is 0 Å². The molecule has 1 aromatic carbocycles. The lowest BCUT2D eigenvalue weighted by atomic mass is 9.97. The number of hydrogen-bond acceptors (Lipinski definition) is 2. The topological polar surface area (TPSA) is 37.3 Å². The number of aldehydes is 1. The Morgan fingerprint density at radius 3 is 2.69 bits per heavy atom. The summed E-state index contributed by atoms with van der Waals surface area (Å²) in [6.07, 6.45) is 2.63. The van der Waals surface area contributed by atoms with E-state index in [0.717, 1.165) is 24.7 Å². The van der Waals surface area contributed by atoms with E-state index in [9.17, 15) is 9.90 Å². The van der Waals surface area contributed by atoms with Gasteiger partial charge in [0.1, 0.15) is 12.0 Å². The Bertz CT molecular complexity index is 356. The zero-order valence-corrected chi connectivity index (χ0v) is 8.54. The smallest absolute Gasteiger partial charge is 0.133 e. The SMILES string of the molecule is O=CC1(c2cccc(Br)c2O)CC1. The van der Waals surface area contributed by atoms with Crippen LogP contribution in [0.2, 0.25) is 0 Å². The van der Waals surface area contributed by atoms with Crippen LogP contribution in [-0.2, 0) is 10.2 Å². The fourth-order valence-corrected chi connectivity index (χ4v) is 1.87. The minimum Gasteiger partial charge on any atom is -0.506 e. The number of carbonyl (C=O) groups is 1. The molecule has 1 aliphatic rings. The minimum atomic E-state index is -0.395. The van der Waals surface area contributed by atoms with Crippen LogP contribution in [0.5, 0.6) is 5.75 Å². The average Bonchev–Trinajstić information content (AvgIpc) is 2.90. The van der Waals surface area contributed by atoms with Crippen molar-refractivity contribution in [3.8, 4) is 5.75 Å². The molecule has 0 spiro atoms. The highest BCUT2D eigenvalue weighted by molar-refractivity contribution is 9.10. The third kappa shape index (κ3) is 1.27. The Morgan fingerprint density at radius 2 is 2.15 bits per heavy atom. The van der Waals surface area contributed by atoms with Gasteiger partial charge < -0.3 is 9.90 Å². The van der Waals surface area contributed by atoms with E-state index in [1.54, 1.807) is 6.07 Å². The predicted octanol–water partition coefficient (Wildman–Crippen LogP) is 2.39. The second kappa shape index (κ2) is 2.84. The highest BCUT2D eigenvalue weighted by Gasteiger charge is 2.46. The maximum Gasteiger partial charge on any atom is 0.133 e. The van der Waals surface area contributed by atoms with Crippen LogP contribution in [0.25, 0.3) is 0 Å². The fourth-order valence-electron chi connectivity index (χ4n) is 1.50. The van der Waals surface area contributed by atoms with Gasteiger partial charge in [0.2, 0.25) is 0 Å². The van der Waals surface area contributed by atoms with Gasteiger partial charge in [0.05, 0.1) is 9.89 Å². The number of halogens is 1. The molecule has 1 aromatic rings. The number of benzene rings is 1. The molecule has 2 nitrogen and oxygen atoms in total. The summed E-state index contributed by atoms with van der Waals surface area (Å²) < 4.78 is 0.651.